The van der Waals surface area contributed by atoms with Crippen molar-refractivity contribution in [2.75, 3.05) is 29.1 Å². The van der Waals surface area contributed by atoms with Crippen molar-refractivity contribution in [2.45, 2.75) is 59.7 Å². The van der Waals surface area contributed by atoms with Crippen LogP contribution in [0, 0.1) is 6.92 Å². The summed E-state index contributed by atoms with van der Waals surface area (Å²) in [4.78, 5) is 35.9. The molecular weight excluding hydrogens is 510 g/mol. The van der Waals surface area contributed by atoms with E-state index < -0.39 is 23.4 Å². The monoisotopic (exact) mass is 541 g/mol. The summed E-state index contributed by atoms with van der Waals surface area (Å²) < 4.78 is 16.8. The summed E-state index contributed by atoms with van der Waals surface area (Å²) in [5.41, 5.74) is 7.30. The molecule has 38 heavy (non-hydrogen) atoms. The number of fused-ring (bicyclic) bond motifs is 2. The second kappa shape index (κ2) is 9.83. The zero-order valence-electron chi connectivity index (χ0n) is 22.6. The van der Waals surface area contributed by atoms with Gasteiger partial charge in [-0.3, -0.25) is 10.2 Å². The maximum Gasteiger partial charge on any atom is 0.415 e. The van der Waals surface area contributed by atoms with Crippen molar-refractivity contribution in [1.82, 2.24) is 9.97 Å². The van der Waals surface area contributed by atoms with Gasteiger partial charge in [-0.2, -0.15) is 0 Å². The highest BCUT2D eigenvalue weighted by atomic mass is 35.5. The molecule has 0 fully saturated rings. The summed E-state index contributed by atoms with van der Waals surface area (Å²) in [5, 5.41) is 4.30. The molecule has 0 bridgehead atoms. The molecule has 202 valence electrons. The molecule has 4 rings (SSSR count). The SMILES string of the molecule is Cc1c(-c2cc3cc(N)ncc3c(NC(=O)OC(C)(C)C)c2Cl)cnc2c1N(C(=O)OC(C)(C)C)CCO2. The number of nitrogen functional groups attached to an aromatic ring is 1. The number of nitrogens with two attached hydrogens (primary N) is 1. The molecule has 1 aliphatic rings. The van der Waals surface area contributed by atoms with Crippen molar-refractivity contribution in [3.63, 3.8) is 0 Å². The van der Waals surface area contributed by atoms with E-state index in [9.17, 15) is 9.59 Å². The van der Waals surface area contributed by atoms with Gasteiger partial charge in [0.25, 0.3) is 0 Å². The second-order valence-corrected chi connectivity index (χ2v) is 11.4. The number of hydrogen-bond acceptors (Lipinski definition) is 8. The fourth-order valence-corrected chi connectivity index (χ4v) is 4.43. The van der Waals surface area contributed by atoms with Crippen molar-refractivity contribution < 1.29 is 23.8 Å². The van der Waals surface area contributed by atoms with Crippen LogP contribution in [0.1, 0.15) is 47.1 Å². The van der Waals surface area contributed by atoms with Crippen molar-refractivity contribution in [3.8, 4) is 17.0 Å². The summed E-state index contributed by atoms with van der Waals surface area (Å²) in [6, 6.07) is 3.53. The van der Waals surface area contributed by atoms with Gasteiger partial charge in [-0.25, -0.2) is 19.6 Å². The van der Waals surface area contributed by atoms with Crippen LogP contribution in [-0.2, 0) is 9.47 Å². The average molecular weight is 542 g/mol. The number of nitrogens with zero attached hydrogens (tertiary/aromatic N) is 3. The number of nitrogens with one attached hydrogen (secondary N) is 1. The molecule has 0 aliphatic carbocycles. The Morgan fingerprint density at radius 3 is 2.39 bits per heavy atom. The molecule has 1 aliphatic heterocycles. The summed E-state index contributed by atoms with van der Waals surface area (Å²) in [6.45, 7) is 13.2. The highest BCUT2D eigenvalue weighted by Gasteiger charge is 2.32. The first-order chi connectivity index (χ1) is 17.6. The van der Waals surface area contributed by atoms with E-state index in [0.29, 0.717) is 57.1 Å². The molecule has 0 saturated heterocycles. The third-order valence-corrected chi connectivity index (χ3v) is 6.00. The lowest BCUT2D eigenvalue weighted by atomic mass is 9.97. The first-order valence-corrected chi connectivity index (χ1v) is 12.5. The molecule has 3 aromatic rings. The normalized spacial score (nSPS) is 13.5. The van der Waals surface area contributed by atoms with Crippen LogP contribution in [-0.4, -0.2) is 46.5 Å². The number of rotatable bonds is 2. The van der Waals surface area contributed by atoms with Crippen LogP contribution in [0.3, 0.4) is 0 Å². The molecule has 0 unspecified atom stereocenters. The number of ether oxygens (including phenoxy) is 3. The van der Waals surface area contributed by atoms with Crippen molar-refractivity contribution in [2.24, 2.45) is 0 Å². The van der Waals surface area contributed by atoms with E-state index in [1.54, 1.807) is 39.2 Å². The third kappa shape index (κ3) is 5.70. The predicted octanol–water partition coefficient (Wildman–Crippen LogP) is 6.32. The van der Waals surface area contributed by atoms with Crippen LogP contribution in [0.4, 0.5) is 26.8 Å². The van der Waals surface area contributed by atoms with Gasteiger partial charge in [-0.1, -0.05) is 11.6 Å². The quantitative estimate of drug-likeness (QED) is 0.385. The van der Waals surface area contributed by atoms with Gasteiger partial charge in [-0.15, -0.1) is 0 Å². The van der Waals surface area contributed by atoms with Gasteiger partial charge in [0, 0.05) is 28.9 Å². The Labute approximate surface area is 226 Å². The summed E-state index contributed by atoms with van der Waals surface area (Å²) >= 11 is 6.93. The summed E-state index contributed by atoms with van der Waals surface area (Å²) in [5.74, 6) is 0.625. The van der Waals surface area contributed by atoms with Crippen molar-refractivity contribution in [1.29, 1.82) is 0 Å². The molecule has 2 aromatic heterocycles. The minimum absolute atomic E-state index is 0.250. The minimum Gasteiger partial charge on any atom is -0.474 e. The standard InChI is InChI=1S/C27H32ClN5O5/c1-14-17(12-31-23-22(14)33(8-9-36-23)25(35)38-27(5,6)7)16-10-15-11-19(29)30-13-18(15)21(20(16)28)32-24(34)37-26(2,3)4/h10-13H,8-9H2,1-7H3,(H2,29,30)(H,32,34). The molecule has 1 aromatic carbocycles. The van der Waals surface area contributed by atoms with Crippen molar-refractivity contribution in [3.05, 3.63) is 35.1 Å². The van der Waals surface area contributed by atoms with Crippen LogP contribution in [0.2, 0.25) is 5.02 Å². The van der Waals surface area contributed by atoms with Crippen LogP contribution in [0.15, 0.2) is 24.5 Å². The molecule has 0 atom stereocenters. The zero-order chi connectivity index (χ0) is 28.0. The Morgan fingerprint density at radius 2 is 1.74 bits per heavy atom. The fraction of sp³-hybridized carbons (Fsp3) is 0.407. The summed E-state index contributed by atoms with van der Waals surface area (Å²) in [7, 11) is 0. The van der Waals surface area contributed by atoms with Gasteiger partial charge in [0.1, 0.15) is 29.3 Å². The van der Waals surface area contributed by atoms with E-state index in [1.165, 1.54) is 4.90 Å². The molecular formula is C27H32ClN5O5. The Hall–Kier alpha value is -3.79. The van der Waals surface area contributed by atoms with Gasteiger partial charge in [0.15, 0.2) is 0 Å². The van der Waals surface area contributed by atoms with E-state index in [-0.39, 0.29) is 11.6 Å². The smallest absolute Gasteiger partial charge is 0.415 e. The van der Waals surface area contributed by atoms with E-state index in [1.807, 2.05) is 33.8 Å². The van der Waals surface area contributed by atoms with Crippen LogP contribution >= 0.6 is 11.6 Å². The van der Waals surface area contributed by atoms with Gasteiger partial charge >= 0.3 is 12.2 Å². The Balaban J connectivity index is 1.88. The molecule has 11 heteroatoms. The third-order valence-electron chi connectivity index (χ3n) is 5.61. The minimum atomic E-state index is -0.712. The Bertz CT molecular complexity index is 1430. The molecule has 0 saturated carbocycles. The topological polar surface area (TPSA) is 129 Å². The maximum absolute atomic E-state index is 13.1. The fourth-order valence-electron chi connectivity index (χ4n) is 4.12. The second-order valence-electron chi connectivity index (χ2n) is 11.0. The average Bonchev–Trinajstić information content (AvgIpc) is 2.78. The number of anilines is 3. The first-order valence-electron chi connectivity index (χ1n) is 12.2. The molecule has 3 N–H and O–H groups in total. The van der Waals surface area contributed by atoms with Crippen LogP contribution in [0.25, 0.3) is 21.9 Å². The predicted molar refractivity (Wildman–Crippen MR) is 148 cm³/mol. The lowest BCUT2D eigenvalue weighted by molar-refractivity contribution is 0.0565. The van der Waals surface area contributed by atoms with Crippen molar-refractivity contribution >= 4 is 51.8 Å². The first kappa shape index (κ1) is 27.3. The van der Waals surface area contributed by atoms with E-state index in [4.69, 9.17) is 31.5 Å². The number of benzene rings is 1. The van der Waals surface area contributed by atoms with Crippen LogP contribution in [0.5, 0.6) is 5.88 Å². The highest BCUT2D eigenvalue weighted by molar-refractivity contribution is 6.38. The van der Waals surface area contributed by atoms with Gasteiger partial charge in [-0.05, 0) is 71.5 Å². The van der Waals surface area contributed by atoms with Crippen LogP contribution < -0.4 is 20.7 Å². The molecule has 0 radical (unpaired) electrons. The number of pyridine rings is 2. The molecule has 0 spiro atoms. The molecule has 3 heterocycles. The van der Waals surface area contributed by atoms with E-state index >= 15 is 0 Å². The largest absolute Gasteiger partial charge is 0.474 e. The van der Waals surface area contributed by atoms with Gasteiger partial charge in [0.05, 0.1) is 17.3 Å². The molecule has 10 nitrogen and oxygen atoms in total. The van der Waals surface area contributed by atoms with E-state index in [0.717, 1.165) is 0 Å². The number of amides is 2. The number of carbonyl (C=O) groups excluding carboxylic acids is 2. The van der Waals surface area contributed by atoms with Gasteiger partial charge < -0.3 is 19.9 Å². The number of aromatic nitrogens is 2. The lowest BCUT2D eigenvalue weighted by Gasteiger charge is -2.32. The Morgan fingerprint density at radius 1 is 1.05 bits per heavy atom. The highest BCUT2D eigenvalue weighted by Crippen LogP contribution is 2.45. The number of carbonyl (C=O) groups is 2. The number of halogens is 1. The number of hydrogen-bond donors (Lipinski definition) is 2. The summed E-state index contributed by atoms with van der Waals surface area (Å²) in [6.07, 6.45) is 2.00. The van der Waals surface area contributed by atoms with Gasteiger partial charge in [0.2, 0.25) is 5.88 Å². The lowest BCUT2D eigenvalue weighted by Crippen LogP contribution is -2.42. The Kier molecular flexibility index (Phi) is 7.05. The maximum atomic E-state index is 13.1. The molecule has 2 amide bonds. The van der Waals surface area contributed by atoms with E-state index in [2.05, 4.69) is 15.3 Å². The zero-order valence-corrected chi connectivity index (χ0v) is 23.3.